The number of aromatic amines is 1. The Bertz CT molecular complexity index is 1210. The first kappa shape index (κ1) is 26.9. The lowest BCUT2D eigenvalue weighted by Crippen LogP contribution is -2.74. The van der Waals surface area contributed by atoms with Crippen molar-refractivity contribution in [2.75, 3.05) is 24.6 Å². The van der Waals surface area contributed by atoms with Crippen LogP contribution in [0.3, 0.4) is 0 Å². The normalized spacial score (nSPS) is 24.7. The molecule has 20 heteroatoms. The first-order valence-corrected chi connectivity index (χ1v) is 13.1. The average molecular weight is 582 g/mol. The van der Waals surface area contributed by atoms with E-state index >= 15 is 0 Å². The van der Waals surface area contributed by atoms with Crippen molar-refractivity contribution >= 4 is 63.5 Å². The topological polar surface area (TPSA) is 202 Å². The van der Waals surface area contributed by atoms with Crippen molar-refractivity contribution in [1.29, 1.82) is 0 Å². The smallest absolute Gasteiger partial charge is 0.425 e. The number of nitrogens with two attached hydrogens (primary N) is 1. The molecule has 0 aliphatic carbocycles. The number of thioether (sulfide) groups is 2. The number of aliphatic carboxylic acids is 1. The molecule has 14 nitrogen and oxygen atoms in total. The second kappa shape index (κ2) is 10.3. The standard InChI is InChI=1S/C17H18F3N9O5S3/c1-6(37-15-24-27-28-25-15)16(13(32)33)3-29-11(31)9(12(29)36-5-16)23-10(30)8(7-2-35-14(21)22-7)26-34-4-17(18,19)20/h2,6,9,12H,3-5H2,1H3,(H2,21,22)(H,23,30)(H,32,33)(H,24,25,27,28)/t6?,9?,12-,16?/m1/s1. The third-order valence-electron chi connectivity index (χ3n) is 5.57. The van der Waals surface area contributed by atoms with Crippen LogP contribution in [0.2, 0.25) is 0 Å². The summed E-state index contributed by atoms with van der Waals surface area (Å²) in [5.74, 6) is -2.56. The number of H-pyrrole nitrogens is 1. The Balaban J connectivity index is 1.46. The monoisotopic (exact) mass is 581 g/mol. The number of oxime groups is 1. The molecule has 37 heavy (non-hydrogen) atoms. The molecule has 200 valence electrons. The number of halogens is 3. The molecule has 3 unspecified atom stereocenters. The van der Waals surface area contributed by atoms with Gasteiger partial charge in [-0.3, -0.25) is 14.4 Å². The number of nitrogen functional groups attached to an aromatic ring is 1. The van der Waals surface area contributed by atoms with E-state index in [1.54, 1.807) is 6.92 Å². The molecule has 4 heterocycles. The summed E-state index contributed by atoms with van der Waals surface area (Å²) in [6, 6.07) is -1.06. The number of fused-ring (bicyclic) bond motifs is 1. The molecule has 0 bridgehead atoms. The van der Waals surface area contributed by atoms with Gasteiger partial charge in [-0.2, -0.15) is 18.4 Å². The zero-order valence-corrected chi connectivity index (χ0v) is 21.1. The molecule has 0 spiro atoms. The second-order valence-electron chi connectivity index (χ2n) is 7.93. The number of amides is 2. The molecule has 2 amide bonds. The van der Waals surface area contributed by atoms with E-state index in [1.165, 1.54) is 10.3 Å². The maximum Gasteiger partial charge on any atom is 0.425 e. The Morgan fingerprint density at radius 1 is 1.51 bits per heavy atom. The van der Waals surface area contributed by atoms with E-state index in [4.69, 9.17) is 5.73 Å². The van der Waals surface area contributed by atoms with Gasteiger partial charge in [-0.15, -0.1) is 33.3 Å². The van der Waals surface area contributed by atoms with Crippen LogP contribution >= 0.6 is 34.9 Å². The zero-order valence-electron chi connectivity index (χ0n) is 18.6. The number of β-lactam (4-membered cyclic amide) rings is 1. The quantitative estimate of drug-likeness (QED) is 0.136. The van der Waals surface area contributed by atoms with Gasteiger partial charge in [-0.1, -0.05) is 23.8 Å². The molecule has 5 N–H and O–H groups in total. The van der Waals surface area contributed by atoms with Gasteiger partial charge < -0.3 is 25.9 Å². The van der Waals surface area contributed by atoms with Gasteiger partial charge in [0.2, 0.25) is 17.7 Å². The summed E-state index contributed by atoms with van der Waals surface area (Å²) in [4.78, 5) is 47.5. The van der Waals surface area contributed by atoms with E-state index in [0.29, 0.717) is 0 Å². The molecular weight excluding hydrogens is 563 g/mol. The van der Waals surface area contributed by atoms with E-state index in [1.807, 2.05) is 0 Å². The van der Waals surface area contributed by atoms with Crippen LogP contribution in [-0.2, 0) is 19.2 Å². The number of tetrazole rings is 1. The number of carbonyl (C=O) groups excluding carboxylic acids is 2. The van der Waals surface area contributed by atoms with Gasteiger partial charge in [0.25, 0.3) is 5.91 Å². The highest BCUT2D eigenvalue weighted by Crippen LogP contribution is 2.47. The molecule has 2 aliphatic heterocycles. The fourth-order valence-electron chi connectivity index (χ4n) is 3.60. The van der Waals surface area contributed by atoms with Crippen LogP contribution in [-0.4, -0.2) is 101 Å². The summed E-state index contributed by atoms with van der Waals surface area (Å²) < 4.78 is 37.4. The van der Waals surface area contributed by atoms with Crippen LogP contribution in [0.4, 0.5) is 18.3 Å². The van der Waals surface area contributed by atoms with Crippen molar-refractivity contribution in [3.8, 4) is 0 Å². The molecule has 2 fully saturated rings. The Hall–Kier alpha value is -3.13. The lowest BCUT2D eigenvalue weighted by molar-refractivity contribution is -0.174. The van der Waals surface area contributed by atoms with Gasteiger partial charge in [0, 0.05) is 22.9 Å². The minimum Gasteiger partial charge on any atom is -0.481 e. The molecule has 0 saturated carbocycles. The summed E-state index contributed by atoms with van der Waals surface area (Å²) in [6.45, 7) is -0.187. The molecule has 2 aromatic heterocycles. The number of carbonyl (C=O) groups is 3. The number of carboxylic acids is 1. The van der Waals surface area contributed by atoms with Crippen molar-refractivity contribution in [3.05, 3.63) is 11.1 Å². The maximum absolute atomic E-state index is 12.9. The molecule has 2 saturated heterocycles. The van der Waals surface area contributed by atoms with E-state index in [0.717, 1.165) is 34.9 Å². The van der Waals surface area contributed by atoms with Gasteiger partial charge in [0.05, 0.1) is 0 Å². The van der Waals surface area contributed by atoms with Crippen molar-refractivity contribution in [3.63, 3.8) is 0 Å². The summed E-state index contributed by atoms with van der Waals surface area (Å²) in [5, 5.41) is 29.6. The third kappa shape index (κ3) is 5.59. The fraction of sp³-hybridized carbons (Fsp3) is 0.529. The van der Waals surface area contributed by atoms with Gasteiger partial charge in [0.15, 0.2) is 10.8 Å². The van der Waals surface area contributed by atoms with Crippen molar-refractivity contribution < 1.29 is 37.5 Å². The number of thiazole rings is 1. The number of carboxylic acid groups (broad SMARTS) is 1. The summed E-state index contributed by atoms with van der Waals surface area (Å²) in [6.07, 6.45) is -4.69. The largest absolute Gasteiger partial charge is 0.481 e. The highest BCUT2D eigenvalue weighted by atomic mass is 32.2. The van der Waals surface area contributed by atoms with Gasteiger partial charge in [-0.25, -0.2) is 4.98 Å². The predicted molar refractivity (Wildman–Crippen MR) is 125 cm³/mol. The van der Waals surface area contributed by atoms with E-state index in [2.05, 4.69) is 40.9 Å². The Morgan fingerprint density at radius 2 is 2.27 bits per heavy atom. The zero-order chi connectivity index (χ0) is 27.0. The van der Waals surface area contributed by atoms with Crippen molar-refractivity contribution in [2.45, 2.75) is 34.9 Å². The van der Waals surface area contributed by atoms with Crippen molar-refractivity contribution in [2.24, 2.45) is 10.6 Å². The fourth-order valence-corrected chi connectivity index (χ4v) is 6.90. The molecule has 2 aliphatic rings. The number of nitrogens with zero attached hydrogens (tertiary/aromatic N) is 6. The van der Waals surface area contributed by atoms with E-state index in [9.17, 15) is 32.7 Å². The van der Waals surface area contributed by atoms with Crippen LogP contribution < -0.4 is 11.1 Å². The highest BCUT2D eigenvalue weighted by molar-refractivity contribution is 8.01. The number of nitrogens with one attached hydrogen (secondary N) is 2. The first-order chi connectivity index (χ1) is 17.4. The number of aromatic nitrogens is 5. The number of hydrogen-bond donors (Lipinski definition) is 4. The Kier molecular flexibility index (Phi) is 7.51. The molecule has 0 radical (unpaired) electrons. The molecular formula is C17H18F3N9O5S3. The van der Waals surface area contributed by atoms with Gasteiger partial charge >= 0.3 is 12.1 Å². The molecule has 0 aromatic carbocycles. The molecule has 4 atom stereocenters. The summed E-state index contributed by atoms with van der Waals surface area (Å²) in [5.41, 5.74) is 3.50. The minimum absolute atomic E-state index is 0.0397. The Labute approximate surface area is 217 Å². The second-order valence-corrected chi connectivity index (χ2v) is 11.2. The third-order valence-corrected chi connectivity index (χ3v) is 8.98. The Morgan fingerprint density at radius 3 is 2.86 bits per heavy atom. The molecule has 4 rings (SSSR count). The maximum atomic E-state index is 12.9. The lowest BCUT2D eigenvalue weighted by Gasteiger charge is -2.54. The van der Waals surface area contributed by atoms with Gasteiger partial charge in [0.1, 0.15) is 22.5 Å². The number of rotatable bonds is 9. The SMILES string of the molecule is CC(Sc1nn[nH]n1)C1(C(=O)O)CS[C@@H]2C(NC(=O)C(=NOCC(F)(F)F)c3csc(N)n3)C(=O)N2C1. The van der Waals surface area contributed by atoms with E-state index < -0.39 is 58.4 Å². The number of alkyl halides is 3. The summed E-state index contributed by atoms with van der Waals surface area (Å²) in [7, 11) is 0. The first-order valence-electron chi connectivity index (χ1n) is 10.3. The number of anilines is 1. The van der Waals surface area contributed by atoms with Crippen LogP contribution in [0.15, 0.2) is 15.7 Å². The lowest BCUT2D eigenvalue weighted by atomic mass is 9.84. The van der Waals surface area contributed by atoms with E-state index in [-0.39, 0.29) is 28.3 Å². The summed E-state index contributed by atoms with van der Waals surface area (Å²) >= 11 is 3.18. The van der Waals surface area contributed by atoms with Crippen LogP contribution in [0.25, 0.3) is 0 Å². The van der Waals surface area contributed by atoms with Crippen LogP contribution in [0.5, 0.6) is 0 Å². The molecule has 2 aromatic rings. The van der Waals surface area contributed by atoms with Gasteiger partial charge in [-0.05, 0) is 5.21 Å². The van der Waals surface area contributed by atoms with Crippen LogP contribution in [0.1, 0.15) is 12.6 Å². The van der Waals surface area contributed by atoms with Crippen LogP contribution in [0, 0.1) is 5.41 Å². The predicted octanol–water partition coefficient (Wildman–Crippen LogP) is 0.173. The average Bonchev–Trinajstić information content (AvgIpc) is 3.50. The number of hydrogen-bond acceptors (Lipinski definition) is 13. The highest BCUT2D eigenvalue weighted by Gasteiger charge is 2.59. The minimum atomic E-state index is -4.69. The van der Waals surface area contributed by atoms with Crippen molar-refractivity contribution in [1.82, 2.24) is 35.8 Å².